The van der Waals surface area contributed by atoms with Crippen molar-refractivity contribution >= 4 is 46.5 Å². The van der Waals surface area contributed by atoms with E-state index in [-0.39, 0.29) is 10.7 Å². The molecular weight excluding hydrogens is 405 g/mol. The summed E-state index contributed by atoms with van der Waals surface area (Å²) in [5.74, 6) is -0.908. The third-order valence-electron chi connectivity index (χ3n) is 4.14. The maximum absolute atomic E-state index is 12.5. The summed E-state index contributed by atoms with van der Waals surface area (Å²) >= 11 is 18.0. The fourth-order valence-electron chi connectivity index (χ4n) is 2.73. The van der Waals surface area contributed by atoms with Crippen LogP contribution < -0.4 is 0 Å². The van der Waals surface area contributed by atoms with Gasteiger partial charge in [0.2, 0.25) is 0 Å². The number of carbonyl (C=O) groups is 1. The lowest BCUT2D eigenvalue weighted by atomic mass is 10.2. The molecule has 0 bridgehead atoms. The third kappa shape index (κ3) is 3.93. The van der Waals surface area contributed by atoms with E-state index in [0.29, 0.717) is 42.8 Å². The summed E-state index contributed by atoms with van der Waals surface area (Å²) in [5.41, 5.74) is 0.828. The van der Waals surface area contributed by atoms with E-state index in [4.69, 9.17) is 34.8 Å². The molecule has 138 valence electrons. The summed E-state index contributed by atoms with van der Waals surface area (Å²) in [7, 11) is 0. The van der Waals surface area contributed by atoms with E-state index in [1.54, 1.807) is 17.0 Å². The lowest BCUT2D eigenvalue weighted by molar-refractivity contribution is -0.389. The number of halogens is 3. The standard InChI is InChI=1S/C15H14Cl3N5O3/c16-10-2-1-9(11(17)7-10)8-21-3-5-22(6-4-21)15(24)13-12(18)14(20-19-13)23(25)26/h1-2,7H,3-6,8H2,(H,19,20). The van der Waals surface area contributed by atoms with Crippen LogP contribution >= 0.6 is 34.8 Å². The third-order valence-corrected chi connectivity index (χ3v) is 5.09. The molecule has 2 heterocycles. The van der Waals surface area contributed by atoms with Crippen molar-refractivity contribution in [3.8, 4) is 0 Å². The molecule has 0 unspecified atom stereocenters. The summed E-state index contributed by atoms with van der Waals surface area (Å²) < 4.78 is 0. The van der Waals surface area contributed by atoms with Crippen LogP contribution in [0.15, 0.2) is 18.2 Å². The first-order valence-electron chi connectivity index (χ1n) is 7.70. The van der Waals surface area contributed by atoms with Crippen LogP contribution in [0.5, 0.6) is 0 Å². The summed E-state index contributed by atoms with van der Waals surface area (Å²) in [6.45, 7) is 2.83. The molecular formula is C15H14Cl3N5O3. The van der Waals surface area contributed by atoms with Gasteiger partial charge in [0.1, 0.15) is 0 Å². The Bertz CT molecular complexity index is 849. The molecule has 2 aromatic rings. The van der Waals surface area contributed by atoms with Crippen LogP contribution in [-0.4, -0.2) is 57.0 Å². The number of rotatable bonds is 4. The summed E-state index contributed by atoms with van der Waals surface area (Å²) in [6, 6.07) is 5.37. The van der Waals surface area contributed by atoms with E-state index in [9.17, 15) is 14.9 Å². The topological polar surface area (TPSA) is 95.4 Å². The monoisotopic (exact) mass is 417 g/mol. The molecule has 11 heteroatoms. The van der Waals surface area contributed by atoms with Crippen LogP contribution in [0, 0.1) is 10.1 Å². The molecule has 0 radical (unpaired) electrons. The van der Waals surface area contributed by atoms with Gasteiger partial charge in [0, 0.05) is 42.8 Å². The SMILES string of the molecule is O=C(c1n[nH]c([N+](=O)[O-])c1Cl)N1CCN(Cc2ccc(Cl)cc2Cl)CC1. The highest BCUT2D eigenvalue weighted by atomic mass is 35.5. The smallest absolute Gasteiger partial charge is 0.358 e. The first kappa shape index (κ1) is 18.9. The second-order valence-electron chi connectivity index (χ2n) is 5.80. The molecule has 1 saturated heterocycles. The molecule has 26 heavy (non-hydrogen) atoms. The first-order chi connectivity index (χ1) is 12.4. The molecule has 3 rings (SSSR count). The Labute approximate surface area is 163 Å². The Morgan fingerprint density at radius 1 is 1.23 bits per heavy atom. The van der Waals surface area contributed by atoms with Crippen LogP contribution in [0.25, 0.3) is 0 Å². The minimum absolute atomic E-state index is 0.132. The van der Waals surface area contributed by atoms with E-state index < -0.39 is 16.6 Å². The molecule has 0 saturated carbocycles. The Morgan fingerprint density at radius 3 is 2.50 bits per heavy atom. The van der Waals surface area contributed by atoms with E-state index in [1.165, 1.54) is 0 Å². The Balaban J connectivity index is 1.61. The largest absolute Gasteiger partial charge is 0.362 e. The summed E-state index contributed by atoms with van der Waals surface area (Å²) in [5, 5.41) is 17.6. The van der Waals surface area contributed by atoms with Gasteiger partial charge in [0.15, 0.2) is 10.7 Å². The minimum atomic E-state index is -0.708. The van der Waals surface area contributed by atoms with Crippen LogP contribution in [0.4, 0.5) is 5.82 Å². The highest BCUT2D eigenvalue weighted by molar-refractivity contribution is 6.35. The van der Waals surface area contributed by atoms with Gasteiger partial charge in [-0.1, -0.05) is 46.0 Å². The van der Waals surface area contributed by atoms with Crippen molar-refractivity contribution in [2.45, 2.75) is 6.54 Å². The van der Waals surface area contributed by atoms with E-state index in [1.807, 2.05) is 6.07 Å². The average Bonchev–Trinajstić information content (AvgIpc) is 2.99. The van der Waals surface area contributed by atoms with Gasteiger partial charge in [-0.2, -0.15) is 0 Å². The molecule has 1 N–H and O–H groups in total. The van der Waals surface area contributed by atoms with Gasteiger partial charge in [-0.15, -0.1) is 5.10 Å². The van der Waals surface area contributed by atoms with Crippen molar-refractivity contribution in [3.63, 3.8) is 0 Å². The number of hydrogen-bond acceptors (Lipinski definition) is 5. The van der Waals surface area contributed by atoms with Gasteiger partial charge in [0.25, 0.3) is 5.91 Å². The predicted octanol–water partition coefficient (Wildman–Crippen LogP) is 3.24. The number of piperazine rings is 1. The fourth-order valence-corrected chi connectivity index (χ4v) is 3.43. The van der Waals surface area contributed by atoms with Crippen molar-refractivity contribution in [3.05, 3.63) is 54.6 Å². The molecule has 1 amide bonds. The van der Waals surface area contributed by atoms with Crippen molar-refractivity contribution in [1.29, 1.82) is 0 Å². The average molecular weight is 419 g/mol. The van der Waals surface area contributed by atoms with Crippen LogP contribution in [-0.2, 0) is 6.54 Å². The molecule has 1 aromatic heterocycles. The van der Waals surface area contributed by atoms with Gasteiger partial charge in [0.05, 0.1) is 0 Å². The fraction of sp³-hybridized carbons (Fsp3) is 0.333. The van der Waals surface area contributed by atoms with Gasteiger partial charge in [-0.25, -0.2) is 0 Å². The number of carbonyl (C=O) groups excluding carboxylic acids is 1. The Morgan fingerprint density at radius 2 is 1.92 bits per heavy atom. The predicted molar refractivity (Wildman–Crippen MR) is 97.9 cm³/mol. The van der Waals surface area contributed by atoms with Crippen LogP contribution in [0.3, 0.4) is 0 Å². The molecule has 0 atom stereocenters. The number of benzene rings is 1. The van der Waals surface area contributed by atoms with E-state index >= 15 is 0 Å². The number of nitro groups is 1. The second kappa shape index (κ2) is 7.79. The van der Waals surface area contributed by atoms with E-state index in [2.05, 4.69) is 15.1 Å². The van der Waals surface area contributed by atoms with Crippen LogP contribution in [0.2, 0.25) is 15.1 Å². The molecule has 8 nitrogen and oxygen atoms in total. The molecule has 1 aliphatic rings. The number of H-pyrrole nitrogens is 1. The molecule has 0 aliphatic carbocycles. The maximum Gasteiger partial charge on any atom is 0.362 e. The number of aromatic amines is 1. The number of nitrogens with zero attached hydrogens (tertiary/aromatic N) is 4. The van der Waals surface area contributed by atoms with Crippen molar-refractivity contribution in [1.82, 2.24) is 20.0 Å². The quantitative estimate of drug-likeness (QED) is 0.607. The Kier molecular flexibility index (Phi) is 5.67. The van der Waals surface area contributed by atoms with Gasteiger partial charge in [-0.3, -0.25) is 9.69 Å². The number of hydrogen-bond donors (Lipinski definition) is 1. The normalized spacial score (nSPS) is 15.3. The lowest BCUT2D eigenvalue weighted by Crippen LogP contribution is -2.48. The molecule has 1 aliphatic heterocycles. The van der Waals surface area contributed by atoms with Crippen LogP contribution in [0.1, 0.15) is 16.1 Å². The van der Waals surface area contributed by atoms with Gasteiger partial charge in [-0.05, 0) is 22.6 Å². The minimum Gasteiger partial charge on any atom is -0.358 e. The zero-order chi connectivity index (χ0) is 18.8. The number of aromatic nitrogens is 2. The summed E-state index contributed by atoms with van der Waals surface area (Å²) in [4.78, 5) is 26.3. The molecule has 1 fully saturated rings. The number of amides is 1. The zero-order valence-corrected chi connectivity index (χ0v) is 15.7. The lowest BCUT2D eigenvalue weighted by Gasteiger charge is -2.34. The van der Waals surface area contributed by atoms with E-state index in [0.717, 1.165) is 5.56 Å². The first-order valence-corrected chi connectivity index (χ1v) is 8.84. The summed E-state index contributed by atoms with van der Waals surface area (Å²) in [6.07, 6.45) is 0. The number of nitrogens with one attached hydrogen (secondary N) is 1. The van der Waals surface area contributed by atoms with Crippen molar-refractivity contribution in [2.24, 2.45) is 0 Å². The highest BCUT2D eigenvalue weighted by Gasteiger charge is 2.30. The second-order valence-corrected chi connectivity index (χ2v) is 7.02. The van der Waals surface area contributed by atoms with Gasteiger partial charge >= 0.3 is 5.82 Å². The zero-order valence-electron chi connectivity index (χ0n) is 13.4. The Hall–Kier alpha value is -1.87. The molecule has 1 aromatic carbocycles. The van der Waals surface area contributed by atoms with Crippen molar-refractivity contribution in [2.75, 3.05) is 26.2 Å². The van der Waals surface area contributed by atoms with Gasteiger partial charge < -0.3 is 15.0 Å². The maximum atomic E-state index is 12.5. The van der Waals surface area contributed by atoms with Crippen molar-refractivity contribution < 1.29 is 9.72 Å². The highest BCUT2D eigenvalue weighted by Crippen LogP contribution is 2.26. The molecule has 0 spiro atoms.